The standard InChI is InChI=1S/C10H14ClN3O2S/c11-10-5-4-9(8-12-10)17(15,16)13-14-6-2-1-3-7-14/h4-5,8,13H,1-3,6-7H2. The summed E-state index contributed by atoms with van der Waals surface area (Å²) in [5.74, 6) is 0. The second-order valence-electron chi connectivity index (χ2n) is 3.96. The fourth-order valence-electron chi connectivity index (χ4n) is 1.73. The van der Waals surface area contributed by atoms with Crippen LogP contribution in [0.4, 0.5) is 0 Å². The van der Waals surface area contributed by atoms with Crippen molar-refractivity contribution in [2.24, 2.45) is 0 Å². The number of hydrogen-bond acceptors (Lipinski definition) is 4. The van der Waals surface area contributed by atoms with Gasteiger partial charge in [-0.3, -0.25) is 0 Å². The summed E-state index contributed by atoms with van der Waals surface area (Å²) in [6.45, 7) is 1.50. The second-order valence-corrected chi connectivity index (χ2v) is 6.01. The molecule has 94 valence electrons. The lowest BCUT2D eigenvalue weighted by molar-refractivity contribution is 0.200. The van der Waals surface area contributed by atoms with Crippen molar-refractivity contribution in [2.45, 2.75) is 24.2 Å². The van der Waals surface area contributed by atoms with Gasteiger partial charge >= 0.3 is 0 Å². The summed E-state index contributed by atoms with van der Waals surface area (Å²) in [6.07, 6.45) is 4.44. The Labute approximate surface area is 106 Å². The van der Waals surface area contributed by atoms with E-state index in [4.69, 9.17) is 11.6 Å². The van der Waals surface area contributed by atoms with Crippen LogP contribution in [-0.4, -0.2) is 31.5 Å². The van der Waals surface area contributed by atoms with Crippen LogP contribution >= 0.6 is 11.6 Å². The van der Waals surface area contributed by atoms with Crippen LogP contribution in [0.15, 0.2) is 23.2 Å². The first kappa shape index (κ1) is 12.8. The fourth-order valence-corrected chi connectivity index (χ4v) is 2.91. The molecule has 0 bridgehead atoms. The molecule has 1 aromatic heterocycles. The maximum absolute atomic E-state index is 12.0. The van der Waals surface area contributed by atoms with Crippen LogP contribution < -0.4 is 4.83 Å². The van der Waals surface area contributed by atoms with Gasteiger partial charge < -0.3 is 0 Å². The summed E-state index contributed by atoms with van der Waals surface area (Å²) < 4.78 is 24.0. The van der Waals surface area contributed by atoms with Crippen molar-refractivity contribution in [1.29, 1.82) is 0 Å². The molecular formula is C10H14ClN3O2S. The number of piperidine rings is 1. The minimum Gasteiger partial charge on any atom is -0.243 e. The van der Waals surface area contributed by atoms with E-state index in [0.29, 0.717) is 0 Å². The van der Waals surface area contributed by atoms with Crippen LogP contribution in [0.3, 0.4) is 0 Å². The highest BCUT2D eigenvalue weighted by Crippen LogP contribution is 2.13. The molecule has 0 spiro atoms. The first-order valence-corrected chi connectivity index (χ1v) is 7.33. The van der Waals surface area contributed by atoms with E-state index < -0.39 is 10.0 Å². The number of hydrazine groups is 1. The van der Waals surface area contributed by atoms with Crippen molar-refractivity contribution in [3.8, 4) is 0 Å². The highest BCUT2D eigenvalue weighted by atomic mass is 35.5. The highest BCUT2D eigenvalue weighted by Gasteiger charge is 2.19. The summed E-state index contributed by atoms with van der Waals surface area (Å²) in [6, 6.07) is 2.91. The number of sulfonamides is 1. The smallest absolute Gasteiger partial charge is 0.243 e. The van der Waals surface area contributed by atoms with E-state index in [9.17, 15) is 8.42 Å². The van der Waals surface area contributed by atoms with E-state index >= 15 is 0 Å². The van der Waals surface area contributed by atoms with Gasteiger partial charge in [-0.1, -0.05) is 18.0 Å². The first-order chi connectivity index (χ1) is 8.08. The van der Waals surface area contributed by atoms with Crippen molar-refractivity contribution < 1.29 is 8.42 Å². The van der Waals surface area contributed by atoms with Crippen LogP contribution in [-0.2, 0) is 10.0 Å². The van der Waals surface area contributed by atoms with Crippen LogP contribution in [0.1, 0.15) is 19.3 Å². The zero-order chi connectivity index (χ0) is 12.3. The van der Waals surface area contributed by atoms with Crippen LogP contribution in [0, 0.1) is 0 Å². The van der Waals surface area contributed by atoms with E-state index in [-0.39, 0.29) is 10.0 Å². The predicted octanol–water partition coefficient (Wildman–Crippen LogP) is 1.41. The van der Waals surface area contributed by atoms with Gasteiger partial charge in [0.25, 0.3) is 10.0 Å². The molecule has 17 heavy (non-hydrogen) atoms. The van der Waals surface area contributed by atoms with Crippen molar-refractivity contribution >= 4 is 21.6 Å². The second kappa shape index (κ2) is 5.30. The molecule has 7 heteroatoms. The van der Waals surface area contributed by atoms with Gasteiger partial charge in [-0.2, -0.15) is 0 Å². The maximum atomic E-state index is 12.0. The number of hydrogen-bond donors (Lipinski definition) is 1. The van der Waals surface area contributed by atoms with E-state index in [0.717, 1.165) is 32.4 Å². The lowest BCUT2D eigenvalue weighted by atomic mass is 10.2. The summed E-state index contributed by atoms with van der Waals surface area (Å²) in [5.41, 5.74) is 0. The summed E-state index contributed by atoms with van der Waals surface area (Å²) >= 11 is 5.62. The Morgan fingerprint density at radius 3 is 2.53 bits per heavy atom. The fraction of sp³-hybridized carbons (Fsp3) is 0.500. The van der Waals surface area contributed by atoms with Crippen LogP contribution in [0.25, 0.3) is 0 Å². The molecule has 0 saturated carbocycles. The molecule has 5 nitrogen and oxygen atoms in total. The molecule has 2 rings (SSSR count). The number of rotatable bonds is 3. The van der Waals surface area contributed by atoms with Gasteiger partial charge in [0, 0.05) is 19.3 Å². The molecule has 1 N–H and O–H groups in total. The van der Waals surface area contributed by atoms with Crippen LogP contribution in [0.2, 0.25) is 5.15 Å². The predicted molar refractivity (Wildman–Crippen MR) is 65.0 cm³/mol. The lowest BCUT2D eigenvalue weighted by Gasteiger charge is -2.26. The van der Waals surface area contributed by atoms with Gasteiger partial charge in [0.05, 0.1) is 0 Å². The number of nitrogens with one attached hydrogen (secondary N) is 1. The molecule has 0 radical (unpaired) electrons. The van der Waals surface area contributed by atoms with Gasteiger partial charge in [-0.25, -0.2) is 18.4 Å². The Morgan fingerprint density at radius 2 is 1.94 bits per heavy atom. The number of nitrogens with zero attached hydrogens (tertiary/aromatic N) is 2. The summed E-state index contributed by atoms with van der Waals surface area (Å²) in [5, 5.41) is 2.01. The minimum absolute atomic E-state index is 0.132. The molecule has 0 amide bonds. The van der Waals surface area contributed by atoms with E-state index in [1.165, 1.54) is 18.3 Å². The Hall–Kier alpha value is -0.690. The van der Waals surface area contributed by atoms with Gasteiger partial charge in [0.15, 0.2) is 0 Å². The van der Waals surface area contributed by atoms with Gasteiger partial charge in [0.1, 0.15) is 10.0 Å². The van der Waals surface area contributed by atoms with Gasteiger partial charge in [-0.05, 0) is 25.0 Å². The molecule has 2 heterocycles. The number of halogens is 1. The molecule has 1 fully saturated rings. The number of pyridine rings is 1. The number of aromatic nitrogens is 1. The van der Waals surface area contributed by atoms with Crippen molar-refractivity contribution in [3.05, 3.63) is 23.5 Å². The zero-order valence-corrected chi connectivity index (χ0v) is 10.8. The molecule has 0 aliphatic carbocycles. The molecule has 0 atom stereocenters. The van der Waals surface area contributed by atoms with Crippen molar-refractivity contribution in [3.63, 3.8) is 0 Å². The zero-order valence-electron chi connectivity index (χ0n) is 9.26. The lowest BCUT2D eigenvalue weighted by Crippen LogP contribution is -2.44. The Morgan fingerprint density at radius 1 is 1.24 bits per heavy atom. The van der Waals surface area contributed by atoms with E-state index in [2.05, 4.69) is 9.82 Å². The largest absolute Gasteiger partial charge is 0.254 e. The molecule has 1 aliphatic rings. The first-order valence-electron chi connectivity index (χ1n) is 5.47. The molecule has 1 aliphatic heterocycles. The molecule has 0 aromatic carbocycles. The third-order valence-electron chi connectivity index (χ3n) is 2.62. The normalized spacial score (nSPS) is 18.2. The summed E-state index contributed by atoms with van der Waals surface area (Å²) in [7, 11) is -3.52. The highest BCUT2D eigenvalue weighted by molar-refractivity contribution is 7.89. The average molecular weight is 276 g/mol. The molecule has 0 unspecified atom stereocenters. The maximum Gasteiger partial charge on any atom is 0.254 e. The molecule has 1 aromatic rings. The third kappa shape index (κ3) is 3.38. The average Bonchev–Trinajstić information content (AvgIpc) is 2.30. The van der Waals surface area contributed by atoms with E-state index in [1.54, 1.807) is 5.01 Å². The Bertz CT molecular complexity index is 469. The SMILES string of the molecule is O=S(=O)(NN1CCCCC1)c1ccc(Cl)nc1. The third-order valence-corrected chi connectivity index (χ3v) is 4.20. The Kier molecular flexibility index (Phi) is 3.98. The minimum atomic E-state index is -3.52. The topological polar surface area (TPSA) is 62.3 Å². The Balaban J connectivity index is 2.10. The molecular weight excluding hydrogens is 262 g/mol. The van der Waals surface area contributed by atoms with Crippen molar-refractivity contribution in [1.82, 2.24) is 14.8 Å². The van der Waals surface area contributed by atoms with Gasteiger partial charge in [0.2, 0.25) is 0 Å². The quantitative estimate of drug-likeness (QED) is 0.848. The summed E-state index contributed by atoms with van der Waals surface area (Å²) in [4.78, 5) is 6.45. The monoisotopic (exact) mass is 275 g/mol. The molecule has 1 saturated heterocycles. The van der Waals surface area contributed by atoms with E-state index in [1.807, 2.05) is 0 Å². The van der Waals surface area contributed by atoms with Gasteiger partial charge in [-0.15, -0.1) is 4.83 Å². The van der Waals surface area contributed by atoms with Crippen LogP contribution in [0.5, 0.6) is 0 Å². The van der Waals surface area contributed by atoms with Crippen molar-refractivity contribution in [2.75, 3.05) is 13.1 Å².